The van der Waals surface area contributed by atoms with E-state index in [1.54, 1.807) is 0 Å². The summed E-state index contributed by atoms with van der Waals surface area (Å²) < 4.78 is 1.96. The molecule has 0 radical (unpaired) electrons. The summed E-state index contributed by atoms with van der Waals surface area (Å²) in [5.41, 5.74) is 3.73. The van der Waals surface area contributed by atoms with E-state index in [2.05, 4.69) is 41.5 Å². The number of nitrogens with one attached hydrogen (secondary N) is 2. The largest absolute Gasteiger partial charge is 0.356 e. The van der Waals surface area contributed by atoms with Gasteiger partial charge in [0.15, 0.2) is 5.96 Å². The third-order valence-electron chi connectivity index (χ3n) is 5.44. The number of aromatic nitrogens is 2. The number of guanidine groups is 1. The molecule has 1 aromatic heterocycles. The van der Waals surface area contributed by atoms with Crippen molar-refractivity contribution in [1.29, 1.82) is 0 Å². The summed E-state index contributed by atoms with van der Waals surface area (Å²) >= 11 is 0. The van der Waals surface area contributed by atoms with Crippen LogP contribution in [-0.2, 0) is 13.5 Å². The van der Waals surface area contributed by atoms with Gasteiger partial charge in [-0.25, -0.2) is 0 Å². The van der Waals surface area contributed by atoms with Gasteiger partial charge in [0, 0.05) is 32.9 Å². The third kappa shape index (κ3) is 5.25. The van der Waals surface area contributed by atoms with Gasteiger partial charge in [-0.05, 0) is 50.5 Å². The summed E-state index contributed by atoms with van der Waals surface area (Å²) in [6, 6.07) is 0. The fourth-order valence-corrected chi connectivity index (χ4v) is 3.92. The van der Waals surface area contributed by atoms with E-state index in [1.165, 1.54) is 43.4 Å². The van der Waals surface area contributed by atoms with Crippen LogP contribution >= 0.6 is 0 Å². The molecule has 136 valence electrons. The molecular formula is C19H35N5. The highest BCUT2D eigenvalue weighted by molar-refractivity contribution is 5.79. The van der Waals surface area contributed by atoms with Gasteiger partial charge in [0.2, 0.25) is 0 Å². The Morgan fingerprint density at radius 1 is 1.25 bits per heavy atom. The molecule has 0 aromatic carbocycles. The molecule has 1 aromatic rings. The highest BCUT2D eigenvalue weighted by Crippen LogP contribution is 2.30. The van der Waals surface area contributed by atoms with Gasteiger partial charge in [-0.1, -0.05) is 26.2 Å². The first-order chi connectivity index (χ1) is 11.5. The Hall–Kier alpha value is -1.52. The van der Waals surface area contributed by atoms with E-state index < -0.39 is 0 Å². The van der Waals surface area contributed by atoms with Gasteiger partial charge in [-0.2, -0.15) is 5.10 Å². The highest BCUT2D eigenvalue weighted by Gasteiger charge is 2.18. The van der Waals surface area contributed by atoms with Gasteiger partial charge in [0.05, 0.1) is 5.69 Å². The molecule has 1 fully saturated rings. The van der Waals surface area contributed by atoms with Crippen LogP contribution in [0.15, 0.2) is 4.99 Å². The number of aliphatic imine (C=N–C) groups is 1. The smallest absolute Gasteiger partial charge is 0.190 e. The van der Waals surface area contributed by atoms with Crippen LogP contribution in [0.3, 0.4) is 0 Å². The van der Waals surface area contributed by atoms with Crippen molar-refractivity contribution in [3.8, 4) is 0 Å². The Labute approximate surface area is 147 Å². The molecule has 0 bridgehead atoms. The first-order valence-electron chi connectivity index (χ1n) is 9.44. The van der Waals surface area contributed by atoms with Gasteiger partial charge in [-0.3, -0.25) is 9.67 Å². The Morgan fingerprint density at radius 2 is 2.00 bits per heavy atom. The second-order valence-corrected chi connectivity index (χ2v) is 7.38. The van der Waals surface area contributed by atoms with Crippen LogP contribution in [0.1, 0.15) is 56.0 Å². The predicted octanol–water partition coefficient (Wildman–Crippen LogP) is 2.96. The zero-order valence-corrected chi connectivity index (χ0v) is 16.2. The van der Waals surface area contributed by atoms with Gasteiger partial charge in [0.25, 0.3) is 0 Å². The normalized spacial score (nSPS) is 21.8. The average molecular weight is 334 g/mol. The number of hydrogen-bond acceptors (Lipinski definition) is 2. The van der Waals surface area contributed by atoms with Crippen molar-refractivity contribution in [1.82, 2.24) is 20.4 Å². The first kappa shape index (κ1) is 18.8. The molecule has 2 atom stereocenters. The second kappa shape index (κ2) is 9.09. The number of hydrogen-bond donors (Lipinski definition) is 2. The molecular weight excluding hydrogens is 298 g/mol. The van der Waals surface area contributed by atoms with Crippen molar-refractivity contribution < 1.29 is 0 Å². The summed E-state index contributed by atoms with van der Waals surface area (Å²) in [4.78, 5) is 4.34. The molecule has 0 spiro atoms. The van der Waals surface area contributed by atoms with E-state index >= 15 is 0 Å². The van der Waals surface area contributed by atoms with Crippen LogP contribution in [0, 0.1) is 25.7 Å². The molecule has 5 heteroatoms. The van der Waals surface area contributed by atoms with Crippen LogP contribution in [0.4, 0.5) is 0 Å². The fraction of sp³-hybridized carbons (Fsp3) is 0.789. The standard InChI is InChI=1S/C19H35N5/c1-14-7-6-8-17(13-14)9-11-21-19(20-4)22-12-10-18-15(2)23-24(5)16(18)3/h14,17H,6-13H2,1-5H3,(H2,20,21,22). The SMILES string of the molecule is CN=C(NCCc1c(C)nn(C)c1C)NCCC1CCCC(C)C1. The molecule has 2 N–H and O–H groups in total. The van der Waals surface area contributed by atoms with E-state index in [9.17, 15) is 0 Å². The molecule has 5 nitrogen and oxygen atoms in total. The Morgan fingerprint density at radius 3 is 2.62 bits per heavy atom. The number of aryl methyl sites for hydroxylation is 2. The lowest BCUT2D eigenvalue weighted by Crippen LogP contribution is -2.39. The van der Waals surface area contributed by atoms with Crippen molar-refractivity contribution in [2.45, 2.75) is 59.3 Å². The van der Waals surface area contributed by atoms with Crippen LogP contribution in [-0.4, -0.2) is 35.9 Å². The van der Waals surface area contributed by atoms with Gasteiger partial charge < -0.3 is 10.6 Å². The highest BCUT2D eigenvalue weighted by atomic mass is 15.3. The minimum absolute atomic E-state index is 0.882. The molecule has 2 unspecified atom stereocenters. The maximum absolute atomic E-state index is 4.48. The number of rotatable bonds is 6. The topological polar surface area (TPSA) is 54.2 Å². The van der Waals surface area contributed by atoms with E-state index in [1.807, 2.05) is 18.8 Å². The Balaban J connectivity index is 1.69. The summed E-state index contributed by atoms with van der Waals surface area (Å²) in [6.07, 6.45) is 7.85. The predicted molar refractivity (Wildman–Crippen MR) is 101 cm³/mol. The van der Waals surface area contributed by atoms with Crippen molar-refractivity contribution in [2.75, 3.05) is 20.1 Å². The Bertz CT molecular complexity index is 546. The Kier molecular flexibility index (Phi) is 7.13. The average Bonchev–Trinajstić information content (AvgIpc) is 2.79. The zero-order chi connectivity index (χ0) is 17.5. The summed E-state index contributed by atoms with van der Waals surface area (Å²) in [5, 5.41) is 11.4. The summed E-state index contributed by atoms with van der Waals surface area (Å²) in [5.74, 6) is 2.71. The van der Waals surface area contributed by atoms with Gasteiger partial charge >= 0.3 is 0 Å². The zero-order valence-electron chi connectivity index (χ0n) is 16.2. The minimum Gasteiger partial charge on any atom is -0.356 e. The molecule has 2 rings (SSSR count). The van der Waals surface area contributed by atoms with Gasteiger partial charge in [0.1, 0.15) is 0 Å². The van der Waals surface area contributed by atoms with Crippen LogP contribution < -0.4 is 10.6 Å². The molecule has 1 aliphatic carbocycles. The minimum atomic E-state index is 0.882. The lowest BCUT2D eigenvalue weighted by molar-refractivity contribution is 0.270. The molecule has 24 heavy (non-hydrogen) atoms. The fourth-order valence-electron chi connectivity index (χ4n) is 3.92. The lowest BCUT2D eigenvalue weighted by Gasteiger charge is -2.26. The quantitative estimate of drug-likeness (QED) is 0.622. The molecule has 0 amide bonds. The first-order valence-corrected chi connectivity index (χ1v) is 9.44. The van der Waals surface area contributed by atoms with Crippen molar-refractivity contribution >= 4 is 5.96 Å². The molecule has 1 aliphatic rings. The van der Waals surface area contributed by atoms with Crippen LogP contribution in [0.2, 0.25) is 0 Å². The van der Waals surface area contributed by atoms with Crippen LogP contribution in [0.25, 0.3) is 0 Å². The monoisotopic (exact) mass is 333 g/mol. The maximum Gasteiger partial charge on any atom is 0.190 e. The molecule has 1 heterocycles. The van der Waals surface area contributed by atoms with E-state index in [0.29, 0.717) is 0 Å². The summed E-state index contributed by atoms with van der Waals surface area (Å²) in [6.45, 7) is 8.51. The molecule has 0 aliphatic heterocycles. The van der Waals surface area contributed by atoms with E-state index in [-0.39, 0.29) is 0 Å². The third-order valence-corrected chi connectivity index (χ3v) is 5.44. The lowest BCUT2D eigenvalue weighted by atomic mass is 9.81. The maximum atomic E-state index is 4.48. The van der Waals surface area contributed by atoms with Crippen molar-refractivity contribution in [3.63, 3.8) is 0 Å². The van der Waals surface area contributed by atoms with E-state index in [4.69, 9.17) is 0 Å². The van der Waals surface area contributed by atoms with Crippen LogP contribution in [0.5, 0.6) is 0 Å². The summed E-state index contributed by atoms with van der Waals surface area (Å²) in [7, 11) is 3.85. The van der Waals surface area contributed by atoms with Gasteiger partial charge in [-0.15, -0.1) is 0 Å². The van der Waals surface area contributed by atoms with Crippen molar-refractivity contribution in [2.24, 2.45) is 23.9 Å². The molecule has 0 saturated heterocycles. The molecule has 1 saturated carbocycles. The number of nitrogens with zero attached hydrogens (tertiary/aromatic N) is 3. The van der Waals surface area contributed by atoms with Crippen molar-refractivity contribution in [3.05, 3.63) is 17.0 Å². The van der Waals surface area contributed by atoms with E-state index in [0.717, 1.165) is 43.0 Å². The second-order valence-electron chi connectivity index (χ2n) is 7.38.